The molecule has 0 fully saturated rings. The molecule has 16 heavy (non-hydrogen) atoms. The lowest BCUT2D eigenvalue weighted by Gasteiger charge is -2.06. The number of carbonyl (C=O) groups is 1. The number of aryl methyl sites for hydroxylation is 2. The number of nitrogens with one attached hydrogen (secondary N) is 1. The van der Waals surface area contributed by atoms with Crippen LogP contribution in [0.15, 0.2) is 0 Å². The van der Waals surface area contributed by atoms with Crippen LogP contribution < -0.4 is 5.32 Å². The average Bonchev–Trinajstić information content (AvgIpc) is 2.68. The normalized spacial score (nSPS) is 14.6. The van der Waals surface area contributed by atoms with Gasteiger partial charge in [0.15, 0.2) is 5.13 Å². The zero-order valence-electron chi connectivity index (χ0n) is 9.16. The highest BCUT2D eigenvalue weighted by atomic mass is 32.1. The number of aromatic nitrogens is 1. The Balaban J connectivity index is 1.94. The quantitative estimate of drug-likeness (QED) is 0.842. The third kappa shape index (κ3) is 2.80. The summed E-state index contributed by atoms with van der Waals surface area (Å²) < 4.78 is 0. The third-order valence-corrected chi connectivity index (χ3v) is 3.73. The van der Waals surface area contributed by atoms with Gasteiger partial charge in [-0.1, -0.05) is 0 Å². The molecule has 1 aromatic rings. The summed E-state index contributed by atoms with van der Waals surface area (Å²) >= 11 is 1.59. The average molecular weight is 240 g/mol. The summed E-state index contributed by atoms with van der Waals surface area (Å²) in [6, 6.07) is 0. The van der Waals surface area contributed by atoms with Crippen LogP contribution in [0.2, 0.25) is 0 Å². The Bertz CT molecular complexity index is 353. The molecule has 0 aliphatic heterocycles. The molecule has 1 aliphatic rings. The molecule has 1 aliphatic carbocycles. The molecular formula is C11H16N2O2S. The van der Waals surface area contributed by atoms with Gasteiger partial charge in [-0.25, -0.2) is 4.98 Å². The third-order valence-electron chi connectivity index (χ3n) is 2.65. The van der Waals surface area contributed by atoms with E-state index < -0.39 is 0 Å². The number of aliphatic hydroxyl groups is 1. The number of rotatable bonds is 4. The Labute approximate surface area is 98.7 Å². The summed E-state index contributed by atoms with van der Waals surface area (Å²) in [4.78, 5) is 17.2. The second-order valence-electron chi connectivity index (χ2n) is 3.97. The van der Waals surface area contributed by atoms with E-state index >= 15 is 0 Å². The van der Waals surface area contributed by atoms with E-state index in [2.05, 4.69) is 10.3 Å². The summed E-state index contributed by atoms with van der Waals surface area (Å²) in [5.41, 5.74) is 1.16. The number of carbonyl (C=O) groups excluding carboxylic acids is 1. The lowest BCUT2D eigenvalue weighted by molar-refractivity contribution is -0.116. The van der Waals surface area contributed by atoms with Gasteiger partial charge < -0.3 is 10.4 Å². The van der Waals surface area contributed by atoms with Crippen molar-refractivity contribution in [3.05, 3.63) is 10.6 Å². The van der Waals surface area contributed by atoms with Crippen molar-refractivity contribution in [3.8, 4) is 0 Å². The van der Waals surface area contributed by atoms with E-state index in [1.165, 1.54) is 17.7 Å². The first-order valence-electron chi connectivity index (χ1n) is 5.69. The second kappa shape index (κ2) is 5.41. The highest BCUT2D eigenvalue weighted by Crippen LogP contribution is 2.29. The van der Waals surface area contributed by atoms with Gasteiger partial charge in [-0.15, -0.1) is 11.3 Å². The summed E-state index contributed by atoms with van der Waals surface area (Å²) in [7, 11) is 0. The minimum absolute atomic E-state index is 0.0554. The van der Waals surface area contributed by atoms with Crippen molar-refractivity contribution in [2.75, 3.05) is 11.9 Å². The van der Waals surface area contributed by atoms with Gasteiger partial charge in [-0.2, -0.15) is 0 Å². The van der Waals surface area contributed by atoms with E-state index in [4.69, 9.17) is 5.11 Å². The number of aliphatic hydroxyl groups excluding tert-OH is 1. The van der Waals surface area contributed by atoms with Crippen molar-refractivity contribution in [1.82, 2.24) is 4.98 Å². The number of nitrogens with zero attached hydrogens (tertiary/aromatic N) is 1. The summed E-state index contributed by atoms with van der Waals surface area (Å²) in [6.45, 7) is 0.0573. The van der Waals surface area contributed by atoms with Crippen LogP contribution in [0.4, 0.5) is 5.13 Å². The maximum absolute atomic E-state index is 11.4. The maximum Gasteiger partial charge on any atom is 0.226 e. The minimum atomic E-state index is -0.0554. The van der Waals surface area contributed by atoms with Crippen LogP contribution >= 0.6 is 11.3 Å². The summed E-state index contributed by atoms with van der Waals surface area (Å²) in [5, 5.41) is 12.1. The molecule has 2 N–H and O–H groups in total. The van der Waals surface area contributed by atoms with Crippen LogP contribution in [-0.2, 0) is 17.6 Å². The molecule has 0 saturated carbocycles. The van der Waals surface area contributed by atoms with Crippen LogP contribution in [0, 0.1) is 0 Å². The van der Waals surface area contributed by atoms with E-state index in [0.29, 0.717) is 12.8 Å². The first-order valence-corrected chi connectivity index (χ1v) is 6.50. The fraction of sp³-hybridized carbons (Fsp3) is 0.636. The van der Waals surface area contributed by atoms with Gasteiger partial charge in [-0.3, -0.25) is 4.79 Å². The Kier molecular flexibility index (Phi) is 3.90. The number of amides is 1. The number of hydrogen-bond acceptors (Lipinski definition) is 4. The largest absolute Gasteiger partial charge is 0.396 e. The summed E-state index contributed by atoms with van der Waals surface area (Å²) in [6.07, 6.45) is 5.44. The molecular weight excluding hydrogens is 224 g/mol. The first kappa shape index (κ1) is 11.5. The van der Waals surface area contributed by atoms with Crippen molar-refractivity contribution in [2.24, 2.45) is 0 Å². The fourth-order valence-corrected chi connectivity index (χ4v) is 2.89. The smallest absolute Gasteiger partial charge is 0.226 e. The van der Waals surface area contributed by atoms with Crippen molar-refractivity contribution < 1.29 is 9.90 Å². The van der Waals surface area contributed by atoms with Gasteiger partial charge in [0.1, 0.15) is 0 Å². The number of hydrogen-bond donors (Lipinski definition) is 2. The molecule has 0 aromatic carbocycles. The van der Waals surface area contributed by atoms with Gasteiger partial charge in [0.25, 0.3) is 0 Å². The monoisotopic (exact) mass is 240 g/mol. The van der Waals surface area contributed by atoms with E-state index in [-0.39, 0.29) is 12.5 Å². The number of fused-ring (bicyclic) bond motifs is 1. The minimum Gasteiger partial charge on any atom is -0.396 e. The number of anilines is 1. The molecule has 88 valence electrons. The van der Waals surface area contributed by atoms with Crippen molar-refractivity contribution >= 4 is 22.4 Å². The van der Waals surface area contributed by atoms with Crippen LogP contribution in [0.25, 0.3) is 0 Å². The maximum atomic E-state index is 11.4. The molecule has 5 heteroatoms. The molecule has 0 saturated heterocycles. The molecule has 2 rings (SSSR count). The van der Waals surface area contributed by atoms with Crippen LogP contribution in [0.1, 0.15) is 36.3 Å². The lowest BCUT2D eigenvalue weighted by Crippen LogP contribution is -2.11. The van der Waals surface area contributed by atoms with Crippen LogP contribution in [0.5, 0.6) is 0 Å². The zero-order valence-corrected chi connectivity index (χ0v) is 9.98. The molecule has 1 heterocycles. The van der Waals surface area contributed by atoms with Gasteiger partial charge in [0.05, 0.1) is 5.69 Å². The Hall–Kier alpha value is -0.940. The van der Waals surface area contributed by atoms with Crippen molar-refractivity contribution in [1.29, 1.82) is 0 Å². The van der Waals surface area contributed by atoms with Gasteiger partial charge in [-0.05, 0) is 32.1 Å². The van der Waals surface area contributed by atoms with E-state index in [9.17, 15) is 4.79 Å². The van der Waals surface area contributed by atoms with Crippen LogP contribution in [0.3, 0.4) is 0 Å². The molecule has 1 aromatic heterocycles. The molecule has 0 bridgehead atoms. The highest BCUT2D eigenvalue weighted by Gasteiger charge is 2.15. The molecule has 0 spiro atoms. The van der Waals surface area contributed by atoms with E-state index in [1.54, 1.807) is 11.3 Å². The standard InChI is InChI=1S/C11H16N2O2S/c14-7-3-6-10(15)13-11-12-8-4-1-2-5-9(8)16-11/h14H,1-7H2,(H,12,13,15). The molecule has 0 unspecified atom stereocenters. The van der Waals surface area contributed by atoms with Gasteiger partial charge >= 0.3 is 0 Å². The molecule has 0 radical (unpaired) electrons. The summed E-state index contributed by atoms with van der Waals surface area (Å²) in [5.74, 6) is -0.0554. The zero-order chi connectivity index (χ0) is 11.4. The second-order valence-corrected chi connectivity index (χ2v) is 5.05. The van der Waals surface area contributed by atoms with Crippen molar-refractivity contribution in [2.45, 2.75) is 38.5 Å². The predicted octanol–water partition coefficient (Wildman–Crippen LogP) is 1.73. The van der Waals surface area contributed by atoms with Crippen LogP contribution in [-0.4, -0.2) is 22.6 Å². The van der Waals surface area contributed by atoms with Crippen molar-refractivity contribution in [3.63, 3.8) is 0 Å². The fourth-order valence-electron chi connectivity index (χ4n) is 1.83. The molecule has 4 nitrogen and oxygen atoms in total. The van der Waals surface area contributed by atoms with Gasteiger partial charge in [0, 0.05) is 17.9 Å². The Morgan fingerprint density at radius 2 is 2.25 bits per heavy atom. The Morgan fingerprint density at radius 1 is 1.44 bits per heavy atom. The van der Waals surface area contributed by atoms with E-state index in [1.807, 2.05) is 0 Å². The Morgan fingerprint density at radius 3 is 3.00 bits per heavy atom. The SMILES string of the molecule is O=C(CCCO)Nc1nc2c(s1)CCCC2. The number of thiazole rings is 1. The highest BCUT2D eigenvalue weighted by molar-refractivity contribution is 7.15. The molecule has 1 amide bonds. The van der Waals surface area contributed by atoms with Gasteiger partial charge in [0.2, 0.25) is 5.91 Å². The molecule has 0 atom stereocenters. The predicted molar refractivity (Wildman–Crippen MR) is 63.7 cm³/mol. The topological polar surface area (TPSA) is 62.2 Å². The van der Waals surface area contributed by atoms with E-state index in [0.717, 1.165) is 23.7 Å². The first-order chi connectivity index (χ1) is 7.79. The lowest BCUT2D eigenvalue weighted by atomic mass is 10.0.